The number of hydrogen-bond acceptors (Lipinski definition) is 3. The topological polar surface area (TPSA) is 55.6 Å². The Bertz CT molecular complexity index is 439. The standard InChI is InChI=1S/C14H19FN2O2/c15-12-4-1-2-5-13(12)19-9-3-6-14(18)17-8-7-11(16)10-17/h1-2,4-5,11H,3,6-10,16H2. The van der Waals surface area contributed by atoms with Crippen molar-refractivity contribution in [3.05, 3.63) is 30.1 Å². The molecule has 5 heteroatoms. The fourth-order valence-corrected chi connectivity index (χ4v) is 2.14. The number of ether oxygens (including phenoxy) is 1. The average molecular weight is 266 g/mol. The van der Waals surface area contributed by atoms with Crippen molar-refractivity contribution in [2.75, 3.05) is 19.7 Å². The molecule has 1 aliphatic heterocycles. The Labute approximate surface area is 112 Å². The van der Waals surface area contributed by atoms with Crippen molar-refractivity contribution in [3.63, 3.8) is 0 Å². The Morgan fingerprint density at radius 1 is 1.47 bits per heavy atom. The molecule has 1 aliphatic rings. The van der Waals surface area contributed by atoms with Crippen LogP contribution in [0.1, 0.15) is 19.3 Å². The van der Waals surface area contributed by atoms with Crippen molar-refractivity contribution in [3.8, 4) is 5.75 Å². The van der Waals surface area contributed by atoms with Crippen LogP contribution in [0.15, 0.2) is 24.3 Å². The highest BCUT2D eigenvalue weighted by Gasteiger charge is 2.22. The van der Waals surface area contributed by atoms with Gasteiger partial charge in [0, 0.05) is 25.6 Å². The number of carbonyl (C=O) groups is 1. The zero-order valence-electron chi connectivity index (χ0n) is 10.8. The van der Waals surface area contributed by atoms with E-state index in [0.717, 1.165) is 13.0 Å². The van der Waals surface area contributed by atoms with E-state index in [-0.39, 0.29) is 23.5 Å². The van der Waals surface area contributed by atoms with Crippen LogP contribution in [0, 0.1) is 5.82 Å². The molecule has 0 saturated carbocycles. The first-order chi connectivity index (χ1) is 9.16. The summed E-state index contributed by atoms with van der Waals surface area (Å²) in [5.74, 6) is -0.0393. The Morgan fingerprint density at radius 3 is 2.95 bits per heavy atom. The molecular weight excluding hydrogens is 247 g/mol. The second-order valence-corrected chi connectivity index (χ2v) is 4.77. The molecule has 0 radical (unpaired) electrons. The largest absolute Gasteiger partial charge is 0.491 e. The maximum absolute atomic E-state index is 13.3. The van der Waals surface area contributed by atoms with Crippen LogP contribution in [-0.2, 0) is 4.79 Å². The number of amides is 1. The minimum atomic E-state index is -0.376. The molecule has 1 aromatic rings. The van der Waals surface area contributed by atoms with Crippen molar-refractivity contribution in [1.82, 2.24) is 4.90 Å². The SMILES string of the molecule is NC1CCN(C(=O)CCCOc2ccccc2F)C1. The Balaban J connectivity index is 1.67. The van der Waals surface area contributed by atoms with Crippen molar-refractivity contribution < 1.29 is 13.9 Å². The molecule has 2 N–H and O–H groups in total. The van der Waals surface area contributed by atoms with Gasteiger partial charge in [0.1, 0.15) is 0 Å². The first-order valence-electron chi connectivity index (χ1n) is 6.57. The fraction of sp³-hybridized carbons (Fsp3) is 0.500. The number of nitrogens with zero attached hydrogens (tertiary/aromatic N) is 1. The van der Waals surface area contributed by atoms with Crippen molar-refractivity contribution in [2.24, 2.45) is 5.73 Å². The maximum Gasteiger partial charge on any atom is 0.222 e. The molecule has 2 rings (SSSR count). The zero-order valence-corrected chi connectivity index (χ0v) is 10.8. The molecule has 0 bridgehead atoms. The highest BCUT2D eigenvalue weighted by Crippen LogP contribution is 2.16. The maximum atomic E-state index is 13.3. The van der Waals surface area contributed by atoms with E-state index in [1.54, 1.807) is 23.1 Å². The van der Waals surface area contributed by atoms with Gasteiger partial charge in [-0.3, -0.25) is 4.79 Å². The predicted octanol–water partition coefficient (Wildman–Crippen LogP) is 1.54. The molecule has 1 aromatic carbocycles. The molecule has 4 nitrogen and oxygen atoms in total. The number of nitrogens with two attached hydrogens (primary N) is 1. The number of halogens is 1. The third kappa shape index (κ3) is 3.92. The van der Waals surface area contributed by atoms with Crippen molar-refractivity contribution in [1.29, 1.82) is 0 Å². The number of likely N-dealkylation sites (tertiary alicyclic amines) is 1. The first kappa shape index (κ1) is 13.8. The molecular formula is C14H19FN2O2. The minimum Gasteiger partial charge on any atom is -0.491 e. The Kier molecular flexibility index (Phi) is 4.74. The van der Waals surface area contributed by atoms with E-state index in [9.17, 15) is 9.18 Å². The zero-order chi connectivity index (χ0) is 13.7. The van der Waals surface area contributed by atoms with Gasteiger partial charge in [0.05, 0.1) is 6.61 Å². The van der Waals surface area contributed by atoms with E-state index in [0.29, 0.717) is 26.0 Å². The number of rotatable bonds is 5. The molecule has 1 unspecified atom stereocenters. The van der Waals surface area contributed by atoms with E-state index >= 15 is 0 Å². The van der Waals surface area contributed by atoms with Crippen LogP contribution >= 0.6 is 0 Å². The lowest BCUT2D eigenvalue weighted by Gasteiger charge is -2.15. The summed E-state index contributed by atoms with van der Waals surface area (Å²) in [6, 6.07) is 6.37. The van der Waals surface area contributed by atoms with Gasteiger partial charge in [-0.2, -0.15) is 0 Å². The lowest BCUT2D eigenvalue weighted by Crippen LogP contribution is -2.31. The van der Waals surface area contributed by atoms with E-state index in [4.69, 9.17) is 10.5 Å². The summed E-state index contributed by atoms with van der Waals surface area (Å²) in [6.07, 6.45) is 1.87. The first-order valence-corrected chi connectivity index (χ1v) is 6.57. The van der Waals surface area contributed by atoms with Crippen LogP contribution in [0.25, 0.3) is 0 Å². The summed E-state index contributed by atoms with van der Waals surface area (Å²) in [6.45, 7) is 1.73. The quantitative estimate of drug-likeness (QED) is 0.823. The molecule has 1 fully saturated rings. The van der Waals surface area contributed by atoms with Gasteiger partial charge in [-0.15, -0.1) is 0 Å². The van der Waals surface area contributed by atoms with E-state index < -0.39 is 0 Å². The summed E-state index contributed by atoms with van der Waals surface area (Å²) < 4.78 is 18.6. The minimum absolute atomic E-state index is 0.102. The Hall–Kier alpha value is -1.62. The normalized spacial score (nSPS) is 18.6. The summed E-state index contributed by atoms with van der Waals surface area (Å²) in [7, 11) is 0. The monoisotopic (exact) mass is 266 g/mol. The smallest absolute Gasteiger partial charge is 0.222 e. The fourth-order valence-electron chi connectivity index (χ4n) is 2.14. The van der Waals surface area contributed by atoms with E-state index in [1.807, 2.05) is 0 Å². The number of hydrogen-bond donors (Lipinski definition) is 1. The van der Waals surface area contributed by atoms with Gasteiger partial charge in [0.25, 0.3) is 0 Å². The van der Waals surface area contributed by atoms with Crippen molar-refractivity contribution in [2.45, 2.75) is 25.3 Å². The molecule has 0 spiro atoms. The number of para-hydroxylation sites is 1. The average Bonchev–Trinajstić information content (AvgIpc) is 2.83. The van der Waals surface area contributed by atoms with Gasteiger partial charge >= 0.3 is 0 Å². The van der Waals surface area contributed by atoms with Gasteiger partial charge in [-0.25, -0.2) is 4.39 Å². The van der Waals surface area contributed by atoms with Crippen LogP contribution in [0.5, 0.6) is 5.75 Å². The molecule has 1 heterocycles. The molecule has 104 valence electrons. The second-order valence-electron chi connectivity index (χ2n) is 4.77. The van der Waals surface area contributed by atoms with Gasteiger partial charge in [-0.05, 0) is 25.0 Å². The predicted molar refractivity (Wildman–Crippen MR) is 70.3 cm³/mol. The molecule has 0 aromatic heterocycles. The van der Waals surface area contributed by atoms with Gasteiger partial charge in [0.2, 0.25) is 5.91 Å². The highest BCUT2D eigenvalue weighted by atomic mass is 19.1. The van der Waals surface area contributed by atoms with Gasteiger partial charge < -0.3 is 15.4 Å². The molecule has 1 atom stereocenters. The van der Waals surface area contributed by atoms with Gasteiger partial charge in [0.15, 0.2) is 11.6 Å². The third-order valence-corrected chi connectivity index (χ3v) is 3.21. The van der Waals surface area contributed by atoms with Crippen molar-refractivity contribution >= 4 is 5.91 Å². The summed E-state index contributed by atoms with van der Waals surface area (Å²) in [5.41, 5.74) is 5.75. The molecule has 19 heavy (non-hydrogen) atoms. The molecule has 0 aliphatic carbocycles. The second kappa shape index (κ2) is 6.52. The van der Waals surface area contributed by atoms with E-state index in [2.05, 4.69) is 0 Å². The highest BCUT2D eigenvalue weighted by molar-refractivity contribution is 5.76. The third-order valence-electron chi connectivity index (χ3n) is 3.21. The van der Waals surface area contributed by atoms with Crippen LogP contribution < -0.4 is 10.5 Å². The van der Waals surface area contributed by atoms with Crippen LogP contribution in [-0.4, -0.2) is 36.5 Å². The summed E-state index contributed by atoms with van der Waals surface area (Å²) >= 11 is 0. The van der Waals surface area contributed by atoms with Crippen LogP contribution in [0.3, 0.4) is 0 Å². The molecule has 1 saturated heterocycles. The number of benzene rings is 1. The van der Waals surface area contributed by atoms with E-state index in [1.165, 1.54) is 6.07 Å². The van der Waals surface area contributed by atoms with Crippen LogP contribution in [0.4, 0.5) is 4.39 Å². The van der Waals surface area contributed by atoms with Gasteiger partial charge in [-0.1, -0.05) is 12.1 Å². The van der Waals surface area contributed by atoms with Crippen LogP contribution in [0.2, 0.25) is 0 Å². The number of carbonyl (C=O) groups excluding carboxylic acids is 1. The summed E-state index contributed by atoms with van der Waals surface area (Å²) in [5, 5.41) is 0. The summed E-state index contributed by atoms with van der Waals surface area (Å²) in [4.78, 5) is 13.6. The lowest BCUT2D eigenvalue weighted by molar-refractivity contribution is -0.130. The lowest BCUT2D eigenvalue weighted by atomic mass is 10.3. The molecule has 1 amide bonds. The Morgan fingerprint density at radius 2 is 2.26 bits per heavy atom.